The summed E-state index contributed by atoms with van der Waals surface area (Å²) in [6.07, 6.45) is 7.54. The zero-order valence-electron chi connectivity index (χ0n) is 10.2. The van der Waals surface area contributed by atoms with Crippen molar-refractivity contribution in [2.24, 2.45) is 11.8 Å². The summed E-state index contributed by atoms with van der Waals surface area (Å²) in [5.41, 5.74) is 0. The van der Waals surface area contributed by atoms with Gasteiger partial charge in [0.05, 0.1) is 13.0 Å². The Bertz CT molecular complexity index is 330. The molecular weight excluding hydrogens is 218 g/mol. The van der Waals surface area contributed by atoms with Gasteiger partial charge in [0.25, 0.3) is 0 Å². The Morgan fingerprint density at radius 3 is 2.59 bits per heavy atom. The van der Waals surface area contributed by atoms with Gasteiger partial charge < -0.3 is 9.64 Å². The molecule has 1 aliphatic carbocycles. The van der Waals surface area contributed by atoms with Crippen LogP contribution in [-0.4, -0.2) is 37.0 Å². The Morgan fingerprint density at radius 1 is 1.24 bits per heavy atom. The van der Waals surface area contributed by atoms with Crippen molar-refractivity contribution in [1.29, 1.82) is 0 Å². The van der Waals surface area contributed by atoms with Gasteiger partial charge in [-0.3, -0.25) is 9.59 Å². The number of methoxy groups -OCH3 is 1. The summed E-state index contributed by atoms with van der Waals surface area (Å²) < 4.78 is 4.75. The van der Waals surface area contributed by atoms with Gasteiger partial charge in [-0.05, 0) is 25.7 Å². The smallest absolute Gasteiger partial charge is 0.310 e. The van der Waals surface area contributed by atoms with Gasteiger partial charge >= 0.3 is 5.97 Å². The normalized spacial score (nSPS) is 25.0. The molecule has 0 bridgehead atoms. The van der Waals surface area contributed by atoms with E-state index in [1.54, 1.807) is 0 Å². The molecule has 0 unspecified atom stereocenters. The molecule has 1 fully saturated rings. The van der Waals surface area contributed by atoms with E-state index in [0.717, 1.165) is 32.2 Å². The summed E-state index contributed by atoms with van der Waals surface area (Å²) >= 11 is 0. The van der Waals surface area contributed by atoms with Crippen LogP contribution in [0.1, 0.15) is 25.7 Å². The van der Waals surface area contributed by atoms with E-state index >= 15 is 0 Å². The topological polar surface area (TPSA) is 46.6 Å². The fourth-order valence-corrected chi connectivity index (χ4v) is 2.61. The van der Waals surface area contributed by atoms with Crippen LogP contribution in [0.15, 0.2) is 12.2 Å². The molecule has 17 heavy (non-hydrogen) atoms. The van der Waals surface area contributed by atoms with E-state index in [9.17, 15) is 9.59 Å². The van der Waals surface area contributed by atoms with Crippen molar-refractivity contribution in [3.8, 4) is 0 Å². The molecule has 1 atom stereocenters. The van der Waals surface area contributed by atoms with E-state index in [1.807, 2.05) is 4.90 Å². The number of esters is 1. The third kappa shape index (κ3) is 2.68. The molecule has 0 aromatic carbocycles. The standard InChI is InChI=1S/C13H19NO3/c1-17-13(16)11-7-4-8-14(9-11)12(15)10-5-2-3-6-10/h2-3,10-11H,4-9H2,1H3/t11-/m0/s1. The highest BCUT2D eigenvalue weighted by Crippen LogP contribution is 2.24. The molecule has 0 aromatic rings. The number of carbonyl (C=O) groups excluding carboxylic acids is 2. The average Bonchev–Trinajstić information content (AvgIpc) is 2.91. The van der Waals surface area contributed by atoms with Crippen molar-refractivity contribution >= 4 is 11.9 Å². The molecule has 0 saturated carbocycles. The lowest BCUT2D eigenvalue weighted by Gasteiger charge is -2.33. The molecule has 4 heteroatoms. The number of nitrogens with zero attached hydrogens (tertiary/aromatic N) is 1. The number of piperidine rings is 1. The van der Waals surface area contributed by atoms with Gasteiger partial charge in [0.2, 0.25) is 5.91 Å². The number of allylic oxidation sites excluding steroid dienone is 2. The molecule has 0 radical (unpaired) electrons. The second kappa shape index (κ2) is 5.34. The first-order valence-electron chi connectivity index (χ1n) is 6.24. The molecular formula is C13H19NO3. The third-order valence-corrected chi connectivity index (χ3v) is 3.62. The first kappa shape index (κ1) is 12.1. The summed E-state index contributed by atoms with van der Waals surface area (Å²) in [5, 5.41) is 0. The summed E-state index contributed by atoms with van der Waals surface area (Å²) in [5.74, 6) is -0.0193. The maximum absolute atomic E-state index is 12.2. The number of hydrogen-bond acceptors (Lipinski definition) is 3. The molecule has 0 aromatic heterocycles. The Morgan fingerprint density at radius 2 is 1.94 bits per heavy atom. The van der Waals surface area contributed by atoms with Gasteiger partial charge in [-0.1, -0.05) is 12.2 Å². The van der Waals surface area contributed by atoms with Gasteiger partial charge in [0.1, 0.15) is 0 Å². The van der Waals surface area contributed by atoms with E-state index in [2.05, 4.69) is 12.2 Å². The van der Waals surface area contributed by atoms with E-state index in [0.29, 0.717) is 6.54 Å². The summed E-state index contributed by atoms with van der Waals surface area (Å²) in [6, 6.07) is 0. The van der Waals surface area contributed by atoms with Crippen LogP contribution in [0, 0.1) is 11.8 Å². The number of ether oxygens (including phenoxy) is 1. The fourth-order valence-electron chi connectivity index (χ4n) is 2.61. The average molecular weight is 237 g/mol. The Kier molecular flexibility index (Phi) is 3.82. The highest BCUT2D eigenvalue weighted by Gasteiger charge is 2.32. The predicted molar refractivity (Wildman–Crippen MR) is 63.2 cm³/mol. The largest absolute Gasteiger partial charge is 0.469 e. The van der Waals surface area contributed by atoms with Crippen molar-refractivity contribution in [2.75, 3.05) is 20.2 Å². The molecule has 0 spiro atoms. The van der Waals surface area contributed by atoms with Crippen molar-refractivity contribution in [1.82, 2.24) is 4.90 Å². The van der Waals surface area contributed by atoms with Crippen LogP contribution in [0.2, 0.25) is 0 Å². The van der Waals surface area contributed by atoms with Crippen molar-refractivity contribution in [2.45, 2.75) is 25.7 Å². The zero-order chi connectivity index (χ0) is 12.3. The number of amides is 1. The van der Waals surface area contributed by atoms with Crippen LogP contribution in [0.5, 0.6) is 0 Å². The third-order valence-electron chi connectivity index (χ3n) is 3.62. The molecule has 1 aliphatic heterocycles. The lowest BCUT2D eigenvalue weighted by atomic mass is 9.96. The van der Waals surface area contributed by atoms with Gasteiger partial charge in [0.15, 0.2) is 0 Å². The summed E-state index contributed by atoms with van der Waals surface area (Å²) in [4.78, 5) is 25.5. The zero-order valence-corrected chi connectivity index (χ0v) is 10.2. The molecule has 94 valence electrons. The van der Waals surface area contributed by atoms with Crippen LogP contribution >= 0.6 is 0 Å². The lowest BCUT2D eigenvalue weighted by molar-refractivity contribution is -0.149. The van der Waals surface area contributed by atoms with Crippen molar-refractivity contribution in [3.05, 3.63) is 12.2 Å². The van der Waals surface area contributed by atoms with E-state index in [-0.39, 0.29) is 23.7 Å². The number of rotatable bonds is 2. The SMILES string of the molecule is COC(=O)[C@H]1CCCN(C(=O)C2CC=CC2)C1. The number of likely N-dealkylation sites (tertiary alicyclic amines) is 1. The van der Waals surface area contributed by atoms with Gasteiger partial charge in [-0.2, -0.15) is 0 Å². The summed E-state index contributed by atoms with van der Waals surface area (Å²) in [6.45, 7) is 1.31. The quantitative estimate of drug-likeness (QED) is 0.538. The molecule has 2 rings (SSSR count). The highest BCUT2D eigenvalue weighted by molar-refractivity contribution is 5.81. The van der Waals surface area contributed by atoms with Crippen LogP contribution < -0.4 is 0 Å². The van der Waals surface area contributed by atoms with Crippen LogP contribution in [-0.2, 0) is 14.3 Å². The summed E-state index contributed by atoms with van der Waals surface area (Å²) in [7, 11) is 1.41. The van der Waals surface area contributed by atoms with E-state index in [4.69, 9.17) is 4.74 Å². The van der Waals surface area contributed by atoms with Crippen molar-refractivity contribution < 1.29 is 14.3 Å². The molecule has 4 nitrogen and oxygen atoms in total. The van der Waals surface area contributed by atoms with Gasteiger partial charge in [-0.25, -0.2) is 0 Å². The minimum absolute atomic E-state index is 0.103. The molecule has 1 heterocycles. The molecule has 1 amide bonds. The van der Waals surface area contributed by atoms with Crippen LogP contribution in [0.4, 0.5) is 0 Å². The first-order valence-corrected chi connectivity index (χ1v) is 6.24. The highest BCUT2D eigenvalue weighted by atomic mass is 16.5. The Hall–Kier alpha value is -1.32. The first-order chi connectivity index (χ1) is 8.22. The molecule has 0 N–H and O–H groups in total. The fraction of sp³-hybridized carbons (Fsp3) is 0.692. The maximum Gasteiger partial charge on any atom is 0.310 e. The Labute approximate surface area is 102 Å². The number of carbonyl (C=O) groups is 2. The lowest BCUT2D eigenvalue weighted by Crippen LogP contribution is -2.44. The van der Waals surface area contributed by atoms with Crippen LogP contribution in [0.3, 0.4) is 0 Å². The van der Waals surface area contributed by atoms with Gasteiger partial charge in [-0.15, -0.1) is 0 Å². The minimum Gasteiger partial charge on any atom is -0.469 e. The van der Waals surface area contributed by atoms with E-state index < -0.39 is 0 Å². The number of hydrogen-bond donors (Lipinski definition) is 0. The Balaban J connectivity index is 1.92. The van der Waals surface area contributed by atoms with Gasteiger partial charge in [0, 0.05) is 19.0 Å². The predicted octanol–water partition coefficient (Wildman–Crippen LogP) is 1.36. The van der Waals surface area contributed by atoms with Crippen LogP contribution in [0.25, 0.3) is 0 Å². The molecule has 1 saturated heterocycles. The van der Waals surface area contributed by atoms with E-state index in [1.165, 1.54) is 7.11 Å². The second-order valence-electron chi connectivity index (χ2n) is 4.79. The molecule has 2 aliphatic rings. The monoisotopic (exact) mass is 237 g/mol. The maximum atomic E-state index is 12.2. The van der Waals surface area contributed by atoms with Crippen molar-refractivity contribution in [3.63, 3.8) is 0 Å². The second-order valence-corrected chi connectivity index (χ2v) is 4.79. The minimum atomic E-state index is -0.188.